The van der Waals surface area contributed by atoms with Crippen LogP contribution in [0.1, 0.15) is 16.7 Å². The Balaban J connectivity index is 1.55. The molecule has 1 fully saturated rings. The lowest BCUT2D eigenvalue weighted by molar-refractivity contribution is -0.921. The molecule has 0 atom stereocenters. The van der Waals surface area contributed by atoms with Crippen LogP contribution >= 0.6 is 0 Å². The zero-order chi connectivity index (χ0) is 18.2. The number of halogens is 1. The molecule has 0 aliphatic carbocycles. The lowest BCUT2D eigenvalue weighted by atomic mass is 10.1. The van der Waals surface area contributed by atoms with Gasteiger partial charge >= 0.3 is 0 Å². The van der Waals surface area contributed by atoms with E-state index in [4.69, 9.17) is 4.74 Å². The standard InChI is InChI=1S/C21H23FN2O2/c22-20-8-5-17(6-9-20)7-10-21(25)23-15-18-3-1-2-4-19(18)16-24-11-13-26-14-12-24/h1-10H,11-16H2,(H,23,25)/p+1/b10-7+. The second-order valence-corrected chi connectivity index (χ2v) is 6.41. The van der Waals surface area contributed by atoms with Crippen molar-refractivity contribution in [2.45, 2.75) is 13.1 Å². The lowest BCUT2D eigenvalue weighted by Gasteiger charge is -2.24. The van der Waals surface area contributed by atoms with Gasteiger partial charge in [-0.15, -0.1) is 0 Å². The number of carbonyl (C=O) groups is 1. The summed E-state index contributed by atoms with van der Waals surface area (Å²) in [6, 6.07) is 14.2. The second-order valence-electron chi connectivity index (χ2n) is 6.41. The van der Waals surface area contributed by atoms with Crippen LogP contribution in [0.2, 0.25) is 0 Å². The van der Waals surface area contributed by atoms with Crippen molar-refractivity contribution < 1.29 is 18.8 Å². The summed E-state index contributed by atoms with van der Waals surface area (Å²) >= 11 is 0. The average molecular weight is 355 g/mol. The van der Waals surface area contributed by atoms with Crippen LogP contribution < -0.4 is 10.2 Å². The molecule has 1 aliphatic rings. The van der Waals surface area contributed by atoms with Gasteiger partial charge in [0.25, 0.3) is 0 Å². The Kier molecular flexibility index (Phi) is 6.52. The monoisotopic (exact) mass is 355 g/mol. The van der Waals surface area contributed by atoms with Crippen LogP contribution in [-0.4, -0.2) is 32.2 Å². The first kappa shape index (κ1) is 18.3. The van der Waals surface area contributed by atoms with Crippen LogP contribution in [0.25, 0.3) is 6.08 Å². The van der Waals surface area contributed by atoms with E-state index in [9.17, 15) is 9.18 Å². The van der Waals surface area contributed by atoms with Crippen molar-refractivity contribution in [2.75, 3.05) is 26.3 Å². The number of rotatable bonds is 6. The maximum Gasteiger partial charge on any atom is 0.244 e. The number of ether oxygens (including phenoxy) is 1. The van der Waals surface area contributed by atoms with E-state index in [1.807, 2.05) is 12.1 Å². The molecule has 26 heavy (non-hydrogen) atoms. The fourth-order valence-corrected chi connectivity index (χ4v) is 3.00. The summed E-state index contributed by atoms with van der Waals surface area (Å²) in [7, 11) is 0. The van der Waals surface area contributed by atoms with Gasteiger partial charge in [0.1, 0.15) is 25.5 Å². The highest BCUT2D eigenvalue weighted by Gasteiger charge is 2.15. The minimum atomic E-state index is -0.286. The molecule has 2 N–H and O–H groups in total. The van der Waals surface area contributed by atoms with E-state index in [0.29, 0.717) is 6.54 Å². The largest absolute Gasteiger partial charge is 0.370 e. The third-order valence-corrected chi connectivity index (χ3v) is 4.51. The van der Waals surface area contributed by atoms with Crippen LogP contribution in [0.15, 0.2) is 54.6 Å². The Labute approximate surface area is 153 Å². The highest BCUT2D eigenvalue weighted by molar-refractivity contribution is 5.91. The second kappa shape index (κ2) is 9.27. The van der Waals surface area contributed by atoms with Crippen molar-refractivity contribution in [1.29, 1.82) is 0 Å². The van der Waals surface area contributed by atoms with Crippen molar-refractivity contribution in [3.8, 4) is 0 Å². The zero-order valence-electron chi connectivity index (χ0n) is 14.7. The summed E-state index contributed by atoms with van der Waals surface area (Å²) in [6.45, 7) is 5.08. The smallest absolute Gasteiger partial charge is 0.244 e. The molecular formula is C21H24FN2O2+. The summed E-state index contributed by atoms with van der Waals surface area (Å²) in [5, 5.41) is 2.92. The topological polar surface area (TPSA) is 42.8 Å². The van der Waals surface area contributed by atoms with Crippen molar-refractivity contribution in [1.82, 2.24) is 5.32 Å². The third-order valence-electron chi connectivity index (χ3n) is 4.51. The summed E-state index contributed by atoms with van der Waals surface area (Å²) in [5.74, 6) is -0.451. The first-order chi connectivity index (χ1) is 12.7. The number of benzene rings is 2. The van der Waals surface area contributed by atoms with Crippen LogP contribution in [0, 0.1) is 5.82 Å². The predicted molar refractivity (Wildman–Crippen MR) is 98.9 cm³/mol. The average Bonchev–Trinajstić information content (AvgIpc) is 2.68. The van der Waals surface area contributed by atoms with Gasteiger partial charge in [-0.1, -0.05) is 36.4 Å². The summed E-state index contributed by atoms with van der Waals surface area (Å²) in [6.07, 6.45) is 3.15. The van der Waals surface area contributed by atoms with E-state index in [2.05, 4.69) is 17.4 Å². The molecule has 1 aliphatic heterocycles. The molecular weight excluding hydrogens is 331 g/mol. The minimum Gasteiger partial charge on any atom is -0.370 e. The first-order valence-electron chi connectivity index (χ1n) is 8.90. The summed E-state index contributed by atoms with van der Waals surface area (Å²) < 4.78 is 18.3. The van der Waals surface area contributed by atoms with Gasteiger partial charge in [-0.05, 0) is 29.3 Å². The molecule has 5 heteroatoms. The predicted octanol–water partition coefficient (Wildman–Crippen LogP) is 1.57. The molecule has 1 saturated heterocycles. The third kappa shape index (κ3) is 5.51. The summed E-state index contributed by atoms with van der Waals surface area (Å²) in [5.41, 5.74) is 3.18. The number of quaternary nitrogens is 1. The molecule has 4 nitrogen and oxygen atoms in total. The Morgan fingerprint density at radius 1 is 1.08 bits per heavy atom. The highest BCUT2D eigenvalue weighted by Crippen LogP contribution is 2.08. The quantitative estimate of drug-likeness (QED) is 0.773. The first-order valence-corrected chi connectivity index (χ1v) is 8.90. The molecule has 2 aromatic carbocycles. The highest BCUT2D eigenvalue weighted by atomic mass is 19.1. The Bertz CT molecular complexity index is 753. The SMILES string of the molecule is O=C(/C=C/c1ccc(F)cc1)NCc1ccccc1C[NH+]1CCOCC1. The van der Waals surface area contributed by atoms with Gasteiger partial charge in [-0.2, -0.15) is 0 Å². The van der Waals surface area contributed by atoms with E-state index in [0.717, 1.165) is 44.0 Å². The van der Waals surface area contributed by atoms with Gasteiger partial charge in [0.2, 0.25) is 5.91 Å². The molecule has 0 unspecified atom stereocenters. The van der Waals surface area contributed by atoms with E-state index >= 15 is 0 Å². The van der Waals surface area contributed by atoms with Crippen LogP contribution in [0.4, 0.5) is 4.39 Å². The van der Waals surface area contributed by atoms with Gasteiger partial charge < -0.3 is 15.0 Å². The van der Waals surface area contributed by atoms with Gasteiger partial charge in [-0.25, -0.2) is 4.39 Å². The van der Waals surface area contributed by atoms with E-state index in [1.165, 1.54) is 28.7 Å². The fraction of sp³-hybridized carbons (Fsp3) is 0.286. The van der Waals surface area contributed by atoms with E-state index in [-0.39, 0.29) is 11.7 Å². The molecule has 0 radical (unpaired) electrons. The maximum atomic E-state index is 12.9. The van der Waals surface area contributed by atoms with Crippen LogP contribution in [0.3, 0.4) is 0 Å². The number of nitrogens with one attached hydrogen (secondary N) is 2. The minimum absolute atomic E-state index is 0.164. The molecule has 136 valence electrons. The molecule has 0 saturated carbocycles. The Hall–Kier alpha value is -2.50. The number of amides is 1. The summed E-state index contributed by atoms with van der Waals surface area (Å²) in [4.78, 5) is 13.6. The van der Waals surface area contributed by atoms with Crippen molar-refractivity contribution in [3.05, 3.63) is 77.1 Å². The number of hydrogen-bond donors (Lipinski definition) is 2. The van der Waals surface area contributed by atoms with Crippen molar-refractivity contribution >= 4 is 12.0 Å². The Morgan fingerprint density at radius 2 is 1.77 bits per heavy atom. The van der Waals surface area contributed by atoms with Crippen molar-refractivity contribution in [3.63, 3.8) is 0 Å². The lowest BCUT2D eigenvalue weighted by Crippen LogP contribution is -3.12. The molecule has 1 amide bonds. The maximum absolute atomic E-state index is 12.9. The molecule has 3 rings (SSSR count). The van der Waals surface area contributed by atoms with Crippen molar-refractivity contribution in [2.24, 2.45) is 0 Å². The molecule has 0 bridgehead atoms. The number of hydrogen-bond acceptors (Lipinski definition) is 2. The molecule has 0 aromatic heterocycles. The number of carbonyl (C=O) groups excluding carboxylic acids is 1. The van der Waals surface area contributed by atoms with E-state index < -0.39 is 0 Å². The van der Waals surface area contributed by atoms with Crippen LogP contribution in [0.5, 0.6) is 0 Å². The number of morpholine rings is 1. The van der Waals surface area contributed by atoms with Gasteiger partial charge in [0.15, 0.2) is 0 Å². The zero-order valence-corrected chi connectivity index (χ0v) is 14.7. The molecule has 1 heterocycles. The van der Waals surface area contributed by atoms with Crippen LogP contribution in [-0.2, 0) is 22.6 Å². The van der Waals surface area contributed by atoms with Gasteiger partial charge in [-0.3, -0.25) is 4.79 Å². The van der Waals surface area contributed by atoms with E-state index in [1.54, 1.807) is 18.2 Å². The van der Waals surface area contributed by atoms with Gasteiger partial charge in [0.05, 0.1) is 13.2 Å². The van der Waals surface area contributed by atoms with Gasteiger partial charge in [0, 0.05) is 18.2 Å². The Morgan fingerprint density at radius 3 is 2.50 bits per heavy atom. The molecule has 2 aromatic rings. The fourth-order valence-electron chi connectivity index (χ4n) is 3.00. The molecule has 0 spiro atoms. The normalized spacial score (nSPS) is 15.3.